The van der Waals surface area contributed by atoms with Crippen LogP contribution in [0.15, 0.2) is 22.7 Å². The fourth-order valence-corrected chi connectivity index (χ4v) is 3.53. The molecule has 1 saturated heterocycles. The van der Waals surface area contributed by atoms with Crippen molar-refractivity contribution < 1.29 is 10.2 Å². The smallest absolute Gasteiger partial charge is 0.0772 e. The maximum absolute atomic E-state index is 9.94. The van der Waals surface area contributed by atoms with Crippen molar-refractivity contribution in [1.29, 1.82) is 0 Å². The number of rotatable bonds is 4. The van der Waals surface area contributed by atoms with Crippen molar-refractivity contribution in [2.75, 3.05) is 32.1 Å². The van der Waals surface area contributed by atoms with Crippen LogP contribution < -0.4 is 4.90 Å². The van der Waals surface area contributed by atoms with Gasteiger partial charge in [0.05, 0.1) is 12.2 Å². The quantitative estimate of drug-likeness (QED) is 0.878. The van der Waals surface area contributed by atoms with E-state index < -0.39 is 6.10 Å². The summed E-state index contributed by atoms with van der Waals surface area (Å²) in [5, 5.41) is 19.6. The molecule has 3 unspecified atom stereocenters. The molecule has 112 valence electrons. The van der Waals surface area contributed by atoms with Crippen LogP contribution in [0, 0.1) is 0 Å². The van der Waals surface area contributed by atoms with Crippen LogP contribution in [0.4, 0.5) is 5.69 Å². The average molecular weight is 343 g/mol. The summed E-state index contributed by atoms with van der Waals surface area (Å²) in [6, 6.07) is 6.32. The molecule has 1 aliphatic heterocycles. The van der Waals surface area contributed by atoms with Crippen LogP contribution in [0.3, 0.4) is 0 Å². The van der Waals surface area contributed by atoms with Crippen LogP contribution >= 0.6 is 15.9 Å². The lowest BCUT2D eigenvalue weighted by Crippen LogP contribution is -2.37. The van der Waals surface area contributed by atoms with Crippen LogP contribution in [0.5, 0.6) is 0 Å². The minimum atomic E-state index is -0.486. The molecule has 4 nitrogen and oxygen atoms in total. The Morgan fingerprint density at radius 3 is 2.70 bits per heavy atom. The van der Waals surface area contributed by atoms with E-state index >= 15 is 0 Å². The van der Waals surface area contributed by atoms with Gasteiger partial charge in [-0.3, -0.25) is 0 Å². The van der Waals surface area contributed by atoms with Crippen molar-refractivity contribution >= 4 is 21.6 Å². The van der Waals surface area contributed by atoms with E-state index in [1.807, 2.05) is 18.2 Å². The van der Waals surface area contributed by atoms with Gasteiger partial charge in [0.1, 0.15) is 0 Å². The minimum absolute atomic E-state index is 0.268. The highest BCUT2D eigenvalue weighted by molar-refractivity contribution is 9.10. The molecule has 1 aromatic carbocycles. The summed E-state index contributed by atoms with van der Waals surface area (Å²) in [6.07, 6.45) is 0.0452. The molecule has 2 N–H and O–H groups in total. The van der Waals surface area contributed by atoms with Gasteiger partial charge in [-0.25, -0.2) is 0 Å². The number of hydrogen-bond acceptors (Lipinski definition) is 4. The highest BCUT2D eigenvalue weighted by Gasteiger charge is 2.31. The van der Waals surface area contributed by atoms with E-state index in [4.69, 9.17) is 0 Å². The summed E-state index contributed by atoms with van der Waals surface area (Å²) in [7, 11) is 4.10. The zero-order chi connectivity index (χ0) is 14.9. The summed E-state index contributed by atoms with van der Waals surface area (Å²) in [4.78, 5) is 4.40. The van der Waals surface area contributed by atoms with E-state index in [0.717, 1.165) is 28.7 Å². The van der Waals surface area contributed by atoms with Gasteiger partial charge in [-0.2, -0.15) is 0 Å². The van der Waals surface area contributed by atoms with E-state index in [1.54, 1.807) is 6.92 Å². The van der Waals surface area contributed by atoms with Gasteiger partial charge in [0.15, 0.2) is 0 Å². The van der Waals surface area contributed by atoms with Crippen LogP contribution in [0.25, 0.3) is 0 Å². The second-order valence-corrected chi connectivity index (χ2v) is 6.69. The first-order chi connectivity index (χ1) is 9.38. The van der Waals surface area contributed by atoms with E-state index in [1.165, 1.54) is 0 Å². The predicted octanol–water partition coefficient (Wildman–Crippen LogP) is 2.00. The van der Waals surface area contributed by atoms with Gasteiger partial charge in [-0.05, 0) is 45.1 Å². The molecule has 20 heavy (non-hydrogen) atoms. The third-order valence-corrected chi connectivity index (χ3v) is 4.42. The van der Waals surface area contributed by atoms with Gasteiger partial charge in [0, 0.05) is 29.3 Å². The summed E-state index contributed by atoms with van der Waals surface area (Å²) in [5.74, 6) is 0. The van der Waals surface area contributed by atoms with E-state index in [2.05, 4.69) is 39.8 Å². The Kier molecular flexibility index (Phi) is 5.07. The first-order valence-corrected chi connectivity index (χ1v) is 7.74. The Morgan fingerprint density at radius 1 is 1.45 bits per heavy atom. The van der Waals surface area contributed by atoms with Crippen molar-refractivity contribution in [1.82, 2.24) is 4.90 Å². The molecule has 1 aromatic rings. The third kappa shape index (κ3) is 3.52. The highest BCUT2D eigenvalue weighted by Crippen LogP contribution is 2.32. The monoisotopic (exact) mass is 342 g/mol. The van der Waals surface area contributed by atoms with Crippen molar-refractivity contribution in [3.05, 3.63) is 28.2 Å². The number of halogens is 1. The van der Waals surface area contributed by atoms with Crippen LogP contribution in [0.1, 0.15) is 25.0 Å². The minimum Gasteiger partial charge on any atom is -0.391 e. The zero-order valence-corrected chi connectivity index (χ0v) is 13.8. The fraction of sp³-hybridized carbons (Fsp3) is 0.600. The number of likely N-dealkylation sites (N-methyl/N-ethyl adjacent to an activating group) is 1. The zero-order valence-electron chi connectivity index (χ0n) is 12.3. The molecule has 0 spiro atoms. The summed E-state index contributed by atoms with van der Waals surface area (Å²) in [5.41, 5.74) is 1.97. The first kappa shape index (κ1) is 15.8. The molecule has 0 bridgehead atoms. The Bertz CT molecular complexity index is 465. The Morgan fingerprint density at radius 2 is 2.15 bits per heavy atom. The summed E-state index contributed by atoms with van der Waals surface area (Å²) in [6.45, 7) is 3.35. The SMILES string of the molecule is CC(O)c1ccc(N2CC(O)CC2CN(C)C)cc1Br. The number of β-amino-alcohol motifs (C(OH)–C–C–N with tert-alkyl or cyclic N) is 1. The molecule has 2 rings (SSSR count). The van der Waals surface area contributed by atoms with Gasteiger partial charge in [-0.1, -0.05) is 22.0 Å². The van der Waals surface area contributed by atoms with Gasteiger partial charge in [0.2, 0.25) is 0 Å². The number of aliphatic hydroxyl groups excluding tert-OH is 2. The second kappa shape index (κ2) is 6.43. The van der Waals surface area contributed by atoms with Crippen LogP contribution in [0.2, 0.25) is 0 Å². The van der Waals surface area contributed by atoms with Gasteiger partial charge in [-0.15, -0.1) is 0 Å². The number of nitrogens with zero attached hydrogens (tertiary/aromatic N) is 2. The molecular weight excluding hydrogens is 320 g/mol. The van der Waals surface area contributed by atoms with Crippen molar-refractivity contribution in [3.63, 3.8) is 0 Å². The van der Waals surface area contributed by atoms with E-state index in [-0.39, 0.29) is 6.10 Å². The lowest BCUT2D eigenvalue weighted by Gasteiger charge is -2.29. The molecule has 1 fully saturated rings. The molecule has 0 aliphatic carbocycles. The number of anilines is 1. The van der Waals surface area contributed by atoms with Crippen molar-refractivity contribution in [2.24, 2.45) is 0 Å². The average Bonchev–Trinajstić information content (AvgIpc) is 2.68. The largest absolute Gasteiger partial charge is 0.391 e. The standard InChI is InChI=1S/C15H23BrN2O2/c1-10(19)14-5-4-11(7-15(14)16)18-9-13(20)6-12(18)8-17(2)3/h4-5,7,10,12-13,19-20H,6,8-9H2,1-3H3. The molecule has 3 atom stereocenters. The van der Waals surface area contributed by atoms with E-state index in [9.17, 15) is 10.2 Å². The highest BCUT2D eigenvalue weighted by atomic mass is 79.9. The van der Waals surface area contributed by atoms with Gasteiger partial charge >= 0.3 is 0 Å². The Labute approximate surface area is 129 Å². The molecular formula is C15H23BrN2O2. The van der Waals surface area contributed by atoms with Crippen LogP contribution in [-0.2, 0) is 0 Å². The molecule has 0 aromatic heterocycles. The topological polar surface area (TPSA) is 46.9 Å². The fourth-order valence-electron chi connectivity index (χ4n) is 2.84. The maximum atomic E-state index is 9.94. The Balaban J connectivity index is 2.23. The van der Waals surface area contributed by atoms with Gasteiger partial charge in [0.25, 0.3) is 0 Å². The molecule has 1 heterocycles. The normalized spacial score (nSPS) is 24.4. The summed E-state index contributed by atoms with van der Waals surface area (Å²) < 4.78 is 0.912. The Hall–Kier alpha value is -0.620. The predicted molar refractivity (Wildman–Crippen MR) is 85.1 cm³/mol. The first-order valence-electron chi connectivity index (χ1n) is 6.95. The molecule has 0 saturated carbocycles. The van der Waals surface area contributed by atoms with E-state index in [0.29, 0.717) is 12.6 Å². The molecule has 0 radical (unpaired) electrons. The lowest BCUT2D eigenvalue weighted by molar-refractivity contribution is 0.191. The summed E-state index contributed by atoms with van der Waals surface area (Å²) >= 11 is 3.52. The van der Waals surface area contributed by atoms with Crippen molar-refractivity contribution in [3.8, 4) is 0 Å². The maximum Gasteiger partial charge on any atom is 0.0772 e. The number of aliphatic hydroxyl groups is 2. The van der Waals surface area contributed by atoms with Crippen LogP contribution in [-0.4, -0.2) is 54.4 Å². The lowest BCUT2D eigenvalue weighted by atomic mass is 10.1. The third-order valence-electron chi connectivity index (χ3n) is 3.73. The second-order valence-electron chi connectivity index (χ2n) is 5.84. The number of hydrogen-bond donors (Lipinski definition) is 2. The van der Waals surface area contributed by atoms with Crippen molar-refractivity contribution in [2.45, 2.75) is 31.6 Å². The molecule has 0 amide bonds. The number of benzene rings is 1. The molecule has 1 aliphatic rings. The molecule has 5 heteroatoms. The van der Waals surface area contributed by atoms with Gasteiger partial charge < -0.3 is 20.0 Å².